The highest BCUT2D eigenvalue weighted by molar-refractivity contribution is 6.11. The molecule has 2 aliphatic rings. The predicted molar refractivity (Wildman–Crippen MR) is 267 cm³/mol. The van der Waals surface area contributed by atoms with Crippen molar-refractivity contribution >= 4 is 44.9 Å². The summed E-state index contributed by atoms with van der Waals surface area (Å²) in [4.78, 5) is 4.73. The van der Waals surface area contributed by atoms with E-state index in [2.05, 4.69) is 254 Å². The molecule has 0 aromatic heterocycles. The molecule has 3 heteroatoms. The van der Waals surface area contributed by atoms with Crippen LogP contribution < -0.4 is 14.5 Å². The molecule has 304 valence electrons. The monoisotopic (exact) mass is 820 g/mol. The predicted octanol–water partition coefficient (Wildman–Crippen LogP) is 17.2. The van der Waals surface area contributed by atoms with E-state index in [1.165, 1.54) is 44.5 Å². The standard InChI is InChI=1S/C61H44N2O/c1-61(2)55-23-13-12-21-50(55)51-35-33-48(39-56(51)61)62(45-19-10-5-11-20-45)49-34-36-52-53-37-38-57(54-22-14-24-58(60(53)54)64-59(52)40-49)63(46-29-25-43(26-30-46)41-15-6-3-7-16-41)47-31-27-44(28-32-47)42-17-8-4-9-18-42/h3-40H,1-2H3. The lowest BCUT2D eigenvalue weighted by Crippen LogP contribution is -2.16. The molecule has 1 aliphatic carbocycles. The van der Waals surface area contributed by atoms with E-state index in [-0.39, 0.29) is 5.41 Å². The van der Waals surface area contributed by atoms with E-state index in [0.29, 0.717) is 0 Å². The minimum absolute atomic E-state index is 0.114. The highest BCUT2D eigenvalue weighted by atomic mass is 16.5. The van der Waals surface area contributed by atoms with Crippen molar-refractivity contribution in [1.82, 2.24) is 0 Å². The van der Waals surface area contributed by atoms with Crippen molar-refractivity contribution in [1.29, 1.82) is 0 Å². The summed E-state index contributed by atoms with van der Waals surface area (Å²) in [5.41, 5.74) is 18.7. The summed E-state index contributed by atoms with van der Waals surface area (Å²) in [6.07, 6.45) is 0. The fourth-order valence-electron chi connectivity index (χ4n) is 10.1. The number of fused-ring (bicyclic) bond motifs is 5. The summed E-state index contributed by atoms with van der Waals surface area (Å²) < 4.78 is 6.99. The van der Waals surface area contributed by atoms with Crippen molar-refractivity contribution in [2.75, 3.05) is 9.80 Å². The molecule has 0 spiro atoms. The van der Waals surface area contributed by atoms with Crippen molar-refractivity contribution < 1.29 is 4.74 Å². The second-order valence-corrected chi connectivity index (χ2v) is 17.3. The van der Waals surface area contributed by atoms with Gasteiger partial charge in [0.15, 0.2) is 0 Å². The minimum Gasteiger partial charge on any atom is -0.456 e. The van der Waals surface area contributed by atoms with Crippen molar-refractivity contribution in [2.24, 2.45) is 0 Å². The fourth-order valence-corrected chi connectivity index (χ4v) is 10.1. The van der Waals surface area contributed by atoms with E-state index >= 15 is 0 Å². The van der Waals surface area contributed by atoms with Gasteiger partial charge in [0.1, 0.15) is 11.5 Å². The van der Waals surface area contributed by atoms with Crippen molar-refractivity contribution in [3.05, 3.63) is 242 Å². The molecule has 0 N–H and O–H groups in total. The SMILES string of the molecule is CC1(C)c2ccccc2-c2ccc(N(c3ccccc3)c3ccc4c(c3)Oc3cccc5c(N(c6ccc(-c7ccccc7)cc6)c6ccc(-c7ccccc7)cc6)ccc-4c35)cc21. The van der Waals surface area contributed by atoms with Crippen LogP contribution in [0.5, 0.6) is 11.5 Å². The summed E-state index contributed by atoms with van der Waals surface area (Å²) in [5.74, 6) is 1.69. The molecule has 0 unspecified atom stereocenters. The number of benzene rings is 10. The molecule has 0 bridgehead atoms. The summed E-state index contributed by atoms with van der Waals surface area (Å²) in [6.45, 7) is 4.68. The first-order chi connectivity index (χ1) is 31.5. The number of hydrogen-bond donors (Lipinski definition) is 0. The van der Waals surface area contributed by atoms with Gasteiger partial charge in [-0.25, -0.2) is 0 Å². The first kappa shape index (κ1) is 37.6. The number of anilines is 6. The molecular formula is C61H44N2O. The zero-order valence-corrected chi connectivity index (χ0v) is 35.7. The van der Waals surface area contributed by atoms with Crippen LogP contribution in [-0.2, 0) is 5.41 Å². The molecule has 0 fully saturated rings. The molecule has 1 heterocycles. The van der Waals surface area contributed by atoms with Crippen molar-refractivity contribution in [3.63, 3.8) is 0 Å². The summed E-state index contributed by atoms with van der Waals surface area (Å²) in [7, 11) is 0. The van der Waals surface area contributed by atoms with Crippen LogP contribution in [-0.4, -0.2) is 0 Å². The normalized spacial score (nSPS) is 12.8. The first-order valence-electron chi connectivity index (χ1n) is 22.1. The third-order valence-corrected chi connectivity index (χ3v) is 13.3. The van der Waals surface area contributed by atoms with E-state index in [4.69, 9.17) is 4.74 Å². The second-order valence-electron chi connectivity index (χ2n) is 17.3. The second kappa shape index (κ2) is 15.0. The van der Waals surface area contributed by atoms with Crippen LogP contribution in [0, 0.1) is 0 Å². The number of para-hydroxylation sites is 1. The quantitative estimate of drug-likeness (QED) is 0.152. The minimum atomic E-state index is -0.114. The van der Waals surface area contributed by atoms with Crippen LogP contribution >= 0.6 is 0 Å². The molecule has 1 aliphatic heterocycles. The number of ether oxygens (including phenoxy) is 1. The Balaban J connectivity index is 0.962. The Kier molecular flexibility index (Phi) is 8.84. The molecule has 10 aromatic rings. The largest absolute Gasteiger partial charge is 0.456 e. The smallest absolute Gasteiger partial charge is 0.137 e. The maximum atomic E-state index is 6.99. The van der Waals surface area contributed by atoms with E-state index in [1.54, 1.807) is 0 Å². The molecule has 0 radical (unpaired) electrons. The lowest BCUT2D eigenvalue weighted by Gasteiger charge is -2.31. The molecule has 64 heavy (non-hydrogen) atoms. The Morgan fingerprint density at radius 2 is 0.828 bits per heavy atom. The van der Waals surface area contributed by atoms with E-state index in [0.717, 1.165) is 67.5 Å². The van der Waals surface area contributed by atoms with Crippen molar-refractivity contribution in [3.8, 4) is 56.0 Å². The van der Waals surface area contributed by atoms with Crippen LogP contribution in [0.3, 0.4) is 0 Å². The Morgan fingerprint density at radius 3 is 1.48 bits per heavy atom. The van der Waals surface area contributed by atoms with Gasteiger partial charge in [0, 0.05) is 56.3 Å². The number of nitrogens with zero attached hydrogens (tertiary/aromatic N) is 2. The maximum Gasteiger partial charge on any atom is 0.137 e. The van der Waals surface area contributed by atoms with Gasteiger partial charge in [-0.1, -0.05) is 166 Å². The van der Waals surface area contributed by atoms with E-state index < -0.39 is 0 Å². The van der Waals surface area contributed by atoms with Gasteiger partial charge in [-0.3, -0.25) is 0 Å². The van der Waals surface area contributed by atoms with Gasteiger partial charge in [0.05, 0.1) is 5.69 Å². The van der Waals surface area contributed by atoms with E-state index in [9.17, 15) is 0 Å². The topological polar surface area (TPSA) is 15.7 Å². The Morgan fingerprint density at radius 1 is 0.328 bits per heavy atom. The highest BCUT2D eigenvalue weighted by Crippen LogP contribution is 2.54. The first-order valence-corrected chi connectivity index (χ1v) is 22.1. The fraction of sp³-hybridized carbons (Fsp3) is 0.0492. The van der Waals surface area contributed by atoms with Gasteiger partial charge in [0.25, 0.3) is 0 Å². The molecule has 3 nitrogen and oxygen atoms in total. The Labute approximate surface area is 374 Å². The average Bonchev–Trinajstić information content (AvgIpc) is 3.58. The van der Waals surface area contributed by atoms with Gasteiger partial charge in [0.2, 0.25) is 0 Å². The maximum absolute atomic E-state index is 6.99. The Bertz CT molecular complexity index is 3280. The number of hydrogen-bond acceptors (Lipinski definition) is 3. The molecule has 12 rings (SSSR count). The van der Waals surface area contributed by atoms with Crippen LogP contribution in [0.1, 0.15) is 25.0 Å². The van der Waals surface area contributed by atoms with Crippen LogP contribution in [0.4, 0.5) is 34.1 Å². The molecule has 10 aromatic carbocycles. The Hall–Kier alpha value is -8.14. The third kappa shape index (κ3) is 6.20. The van der Waals surface area contributed by atoms with Crippen LogP contribution in [0.25, 0.3) is 55.3 Å². The van der Waals surface area contributed by atoms with Gasteiger partial charge in [-0.2, -0.15) is 0 Å². The van der Waals surface area contributed by atoms with Gasteiger partial charge < -0.3 is 14.5 Å². The molecule has 0 saturated carbocycles. The number of rotatable bonds is 8. The summed E-state index contributed by atoms with van der Waals surface area (Å²) in [6, 6.07) is 83.1. The molecular weight excluding hydrogens is 777 g/mol. The van der Waals surface area contributed by atoms with E-state index in [1.807, 2.05) is 0 Å². The van der Waals surface area contributed by atoms with Gasteiger partial charge in [-0.15, -0.1) is 0 Å². The lowest BCUT2D eigenvalue weighted by molar-refractivity contribution is 0.487. The van der Waals surface area contributed by atoms with Crippen LogP contribution in [0.2, 0.25) is 0 Å². The summed E-state index contributed by atoms with van der Waals surface area (Å²) >= 11 is 0. The third-order valence-electron chi connectivity index (χ3n) is 13.3. The lowest BCUT2D eigenvalue weighted by atomic mass is 9.82. The van der Waals surface area contributed by atoms with Gasteiger partial charge >= 0.3 is 0 Å². The zero-order valence-electron chi connectivity index (χ0n) is 35.7. The molecule has 0 saturated heterocycles. The summed E-state index contributed by atoms with van der Waals surface area (Å²) in [5, 5.41) is 2.23. The van der Waals surface area contributed by atoms with Crippen LogP contribution in [0.15, 0.2) is 231 Å². The molecule has 0 atom stereocenters. The van der Waals surface area contributed by atoms with Gasteiger partial charge in [-0.05, 0) is 123 Å². The van der Waals surface area contributed by atoms with Crippen molar-refractivity contribution in [2.45, 2.75) is 19.3 Å². The average molecular weight is 821 g/mol. The zero-order chi connectivity index (χ0) is 42.8. The molecule has 0 amide bonds. The highest BCUT2D eigenvalue weighted by Gasteiger charge is 2.36.